The molecule has 0 atom stereocenters. The number of rotatable bonds is 11. The lowest BCUT2D eigenvalue weighted by Gasteiger charge is -2.12. The van der Waals surface area contributed by atoms with Gasteiger partial charge in [-0.2, -0.15) is 0 Å². The lowest BCUT2D eigenvalue weighted by molar-refractivity contribution is 0.276. The van der Waals surface area contributed by atoms with E-state index in [4.69, 9.17) is 9.47 Å². The van der Waals surface area contributed by atoms with Crippen LogP contribution in [0.4, 0.5) is 0 Å². The van der Waals surface area contributed by atoms with E-state index < -0.39 is 10.0 Å². The molecule has 0 fully saturated rings. The molecule has 1 rings (SSSR count). The van der Waals surface area contributed by atoms with Gasteiger partial charge in [0.25, 0.3) is 0 Å². The number of sulfonamides is 1. The Morgan fingerprint density at radius 1 is 1.05 bits per heavy atom. The van der Waals surface area contributed by atoms with E-state index in [2.05, 4.69) is 10.0 Å². The Balaban J connectivity index is 2.12. The minimum Gasteiger partial charge on any atom is -0.490 e. The topological polar surface area (TPSA) is 76.7 Å². The van der Waals surface area contributed by atoms with E-state index in [9.17, 15) is 8.42 Å². The number of benzene rings is 1. The van der Waals surface area contributed by atoms with Gasteiger partial charge in [-0.15, -0.1) is 0 Å². The predicted molar refractivity (Wildman–Crippen MR) is 83.4 cm³/mol. The van der Waals surface area contributed by atoms with Crippen molar-refractivity contribution in [1.29, 1.82) is 0 Å². The SMILES string of the molecule is CCOc1ccccc1OCCNCCCNS(C)(=O)=O. The molecule has 0 aliphatic heterocycles. The van der Waals surface area contributed by atoms with Gasteiger partial charge in [-0.05, 0) is 32.0 Å². The second-order valence-corrected chi connectivity index (χ2v) is 6.33. The second-order valence-electron chi connectivity index (χ2n) is 4.50. The highest BCUT2D eigenvalue weighted by Gasteiger charge is 2.02. The fourth-order valence-electron chi connectivity index (χ4n) is 1.67. The molecule has 1 aromatic carbocycles. The Hall–Kier alpha value is -1.31. The smallest absolute Gasteiger partial charge is 0.208 e. The molecule has 0 amide bonds. The second kappa shape index (κ2) is 9.59. The van der Waals surface area contributed by atoms with Gasteiger partial charge in [-0.3, -0.25) is 0 Å². The van der Waals surface area contributed by atoms with E-state index >= 15 is 0 Å². The van der Waals surface area contributed by atoms with Crippen LogP contribution in [-0.4, -0.2) is 47.5 Å². The summed E-state index contributed by atoms with van der Waals surface area (Å²) in [6.07, 6.45) is 1.90. The van der Waals surface area contributed by atoms with Crippen molar-refractivity contribution < 1.29 is 17.9 Å². The third-order valence-corrected chi connectivity index (χ3v) is 3.31. The van der Waals surface area contributed by atoms with Crippen molar-refractivity contribution >= 4 is 10.0 Å². The summed E-state index contributed by atoms with van der Waals surface area (Å²) in [6, 6.07) is 7.57. The number of hydrogen-bond acceptors (Lipinski definition) is 5. The first-order valence-corrected chi connectivity index (χ1v) is 8.92. The van der Waals surface area contributed by atoms with Gasteiger partial charge in [0, 0.05) is 13.1 Å². The van der Waals surface area contributed by atoms with Crippen molar-refractivity contribution in [2.45, 2.75) is 13.3 Å². The Labute approximate surface area is 126 Å². The van der Waals surface area contributed by atoms with Gasteiger partial charge in [0.15, 0.2) is 11.5 Å². The highest BCUT2D eigenvalue weighted by Crippen LogP contribution is 2.25. The number of ether oxygens (including phenoxy) is 2. The quantitative estimate of drug-likeness (QED) is 0.596. The molecule has 0 unspecified atom stereocenters. The lowest BCUT2D eigenvalue weighted by atomic mass is 10.3. The van der Waals surface area contributed by atoms with E-state index in [-0.39, 0.29) is 0 Å². The molecule has 21 heavy (non-hydrogen) atoms. The van der Waals surface area contributed by atoms with Gasteiger partial charge in [-0.1, -0.05) is 12.1 Å². The monoisotopic (exact) mass is 316 g/mol. The third-order valence-electron chi connectivity index (χ3n) is 2.58. The van der Waals surface area contributed by atoms with Gasteiger partial charge in [0.2, 0.25) is 10.0 Å². The Kier molecular flexibility index (Phi) is 8.11. The Morgan fingerprint density at radius 3 is 2.33 bits per heavy atom. The molecule has 6 nitrogen and oxygen atoms in total. The zero-order valence-electron chi connectivity index (χ0n) is 12.6. The Bertz CT molecular complexity index is 505. The lowest BCUT2D eigenvalue weighted by Crippen LogP contribution is -2.28. The summed E-state index contributed by atoms with van der Waals surface area (Å²) in [5, 5.41) is 3.19. The number of hydrogen-bond donors (Lipinski definition) is 2. The first-order valence-electron chi connectivity index (χ1n) is 7.03. The maximum absolute atomic E-state index is 10.8. The molecule has 0 bridgehead atoms. The van der Waals surface area contributed by atoms with Gasteiger partial charge in [0.05, 0.1) is 12.9 Å². The molecule has 0 radical (unpaired) electrons. The van der Waals surface area contributed by atoms with Crippen molar-refractivity contribution in [3.8, 4) is 11.5 Å². The van der Waals surface area contributed by atoms with Gasteiger partial charge < -0.3 is 14.8 Å². The van der Waals surface area contributed by atoms with E-state index in [1.807, 2.05) is 31.2 Å². The normalized spacial score (nSPS) is 11.3. The van der Waals surface area contributed by atoms with E-state index in [1.165, 1.54) is 0 Å². The molecular weight excluding hydrogens is 292 g/mol. The summed E-state index contributed by atoms with van der Waals surface area (Å²) in [5.41, 5.74) is 0. The fourth-order valence-corrected chi connectivity index (χ4v) is 2.19. The summed E-state index contributed by atoms with van der Waals surface area (Å²) in [6.45, 7) is 4.94. The standard InChI is InChI=1S/C14H24N2O4S/c1-3-19-13-7-4-5-8-14(13)20-12-11-15-9-6-10-16-21(2,17)18/h4-5,7-8,15-16H,3,6,9-12H2,1-2H3. The van der Waals surface area contributed by atoms with E-state index in [0.29, 0.717) is 26.3 Å². The molecule has 0 saturated heterocycles. The maximum Gasteiger partial charge on any atom is 0.208 e. The van der Waals surface area contributed by atoms with Crippen LogP contribution in [0, 0.1) is 0 Å². The number of para-hydroxylation sites is 2. The molecule has 2 N–H and O–H groups in total. The average Bonchev–Trinajstić information content (AvgIpc) is 2.42. The minimum atomic E-state index is -3.08. The van der Waals surface area contributed by atoms with Crippen LogP contribution in [0.2, 0.25) is 0 Å². The zero-order valence-corrected chi connectivity index (χ0v) is 13.4. The Morgan fingerprint density at radius 2 is 1.71 bits per heavy atom. The van der Waals surface area contributed by atoms with Crippen molar-refractivity contribution in [3.63, 3.8) is 0 Å². The van der Waals surface area contributed by atoms with Crippen LogP contribution in [0.15, 0.2) is 24.3 Å². The van der Waals surface area contributed by atoms with E-state index in [0.717, 1.165) is 30.7 Å². The molecule has 120 valence electrons. The minimum absolute atomic E-state index is 0.444. The molecule has 0 saturated carbocycles. The molecule has 0 aromatic heterocycles. The zero-order chi connectivity index (χ0) is 15.6. The van der Waals surface area contributed by atoms with Crippen molar-refractivity contribution in [2.24, 2.45) is 0 Å². The van der Waals surface area contributed by atoms with Crippen LogP contribution >= 0.6 is 0 Å². The molecule has 0 aliphatic carbocycles. The highest BCUT2D eigenvalue weighted by atomic mass is 32.2. The first-order chi connectivity index (χ1) is 10.0. The van der Waals surface area contributed by atoms with Crippen molar-refractivity contribution in [2.75, 3.05) is 39.1 Å². The summed E-state index contributed by atoms with van der Waals surface area (Å²) >= 11 is 0. The van der Waals surface area contributed by atoms with Crippen molar-refractivity contribution in [1.82, 2.24) is 10.0 Å². The largest absolute Gasteiger partial charge is 0.490 e. The highest BCUT2D eigenvalue weighted by molar-refractivity contribution is 7.88. The summed E-state index contributed by atoms with van der Waals surface area (Å²) in [5.74, 6) is 1.48. The van der Waals surface area contributed by atoms with Gasteiger partial charge >= 0.3 is 0 Å². The first kappa shape index (κ1) is 17.7. The average molecular weight is 316 g/mol. The third kappa shape index (κ3) is 8.54. The molecule has 7 heteroatoms. The van der Waals surface area contributed by atoms with Crippen molar-refractivity contribution in [3.05, 3.63) is 24.3 Å². The molecule has 0 aliphatic rings. The van der Waals surface area contributed by atoms with Crippen LogP contribution in [0.3, 0.4) is 0 Å². The van der Waals surface area contributed by atoms with Gasteiger partial charge in [-0.25, -0.2) is 13.1 Å². The molecule has 1 aromatic rings. The predicted octanol–water partition coefficient (Wildman–Crippen LogP) is 0.993. The van der Waals surface area contributed by atoms with Crippen LogP contribution in [0.25, 0.3) is 0 Å². The van der Waals surface area contributed by atoms with Gasteiger partial charge in [0.1, 0.15) is 6.61 Å². The van der Waals surface area contributed by atoms with Crippen LogP contribution < -0.4 is 19.5 Å². The summed E-state index contributed by atoms with van der Waals surface area (Å²) in [7, 11) is -3.08. The number of nitrogens with one attached hydrogen (secondary N) is 2. The van der Waals surface area contributed by atoms with Crippen LogP contribution in [0.1, 0.15) is 13.3 Å². The molecule has 0 heterocycles. The summed E-state index contributed by atoms with van der Waals surface area (Å²) in [4.78, 5) is 0. The molecule has 0 spiro atoms. The maximum atomic E-state index is 10.8. The van der Waals surface area contributed by atoms with E-state index in [1.54, 1.807) is 0 Å². The van der Waals surface area contributed by atoms with Crippen LogP contribution in [0.5, 0.6) is 11.5 Å². The fraction of sp³-hybridized carbons (Fsp3) is 0.571. The summed E-state index contributed by atoms with van der Waals surface area (Å²) < 4.78 is 35.3. The van der Waals surface area contributed by atoms with Crippen LogP contribution in [-0.2, 0) is 10.0 Å². The molecular formula is C14H24N2O4S.